The lowest BCUT2D eigenvalue weighted by atomic mass is 10.2. The molecular formula is C21H20N4O2. The summed E-state index contributed by atoms with van der Waals surface area (Å²) < 4.78 is 5.36. The Balaban J connectivity index is 1.64. The first-order valence-electron chi connectivity index (χ1n) is 8.81. The molecule has 0 saturated heterocycles. The Morgan fingerprint density at radius 2 is 1.89 bits per heavy atom. The number of nitrogens with one attached hydrogen (secondary N) is 1. The number of hydrogen-bond donors (Lipinski definition) is 1. The first-order valence-corrected chi connectivity index (χ1v) is 8.81. The minimum absolute atomic E-state index is 0.117. The normalized spacial score (nSPS) is 12.6. The van der Waals surface area contributed by atoms with E-state index in [-0.39, 0.29) is 5.91 Å². The molecule has 0 fully saturated rings. The molecule has 0 radical (unpaired) electrons. The van der Waals surface area contributed by atoms with Crippen LogP contribution >= 0.6 is 0 Å². The second-order valence-electron chi connectivity index (χ2n) is 6.35. The van der Waals surface area contributed by atoms with Gasteiger partial charge in [-0.3, -0.25) is 4.79 Å². The summed E-state index contributed by atoms with van der Waals surface area (Å²) in [6, 6.07) is 17.2. The molecule has 1 aromatic heterocycles. The van der Waals surface area contributed by atoms with Crippen LogP contribution in [0, 0.1) is 6.92 Å². The van der Waals surface area contributed by atoms with Crippen molar-refractivity contribution in [2.45, 2.75) is 13.3 Å². The maximum Gasteiger partial charge on any atom is 0.277 e. The first kappa shape index (κ1) is 17.0. The Morgan fingerprint density at radius 3 is 2.74 bits per heavy atom. The highest BCUT2D eigenvalue weighted by Gasteiger charge is 2.26. The molecule has 0 unspecified atom stereocenters. The van der Waals surface area contributed by atoms with E-state index in [0.29, 0.717) is 29.6 Å². The highest BCUT2D eigenvalue weighted by atomic mass is 16.5. The van der Waals surface area contributed by atoms with Crippen molar-refractivity contribution in [2.24, 2.45) is 0 Å². The van der Waals surface area contributed by atoms with E-state index in [4.69, 9.17) is 4.74 Å². The lowest BCUT2D eigenvalue weighted by Crippen LogP contribution is -2.30. The first-order chi connectivity index (χ1) is 13.2. The minimum Gasteiger partial charge on any atom is -0.495 e. The molecule has 6 heteroatoms. The van der Waals surface area contributed by atoms with Gasteiger partial charge < -0.3 is 15.0 Å². The van der Waals surface area contributed by atoms with Gasteiger partial charge in [-0.15, -0.1) is 0 Å². The number of carbonyl (C=O) groups is 1. The molecule has 1 N–H and O–H groups in total. The fourth-order valence-electron chi connectivity index (χ4n) is 3.31. The standard InChI is InChI=1S/C21H20N4O2/c1-14-22-17(21(26)25-12-11-15-7-3-5-9-18(15)25)13-20(23-14)24-16-8-4-6-10-19(16)27-2/h3-10,13H,11-12H2,1-2H3,(H,22,23,24). The van der Waals surface area contributed by atoms with E-state index in [1.165, 1.54) is 5.56 Å². The number of aryl methyl sites for hydroxylation is 1. The van der Waals surface area contributed by atoms with Crippen molar-refractivity contribution >= 4 is 23.1 Å². The number of fused-ring (bicyclic) bond motifs is 1. The molecule has 2 aromatic carbocycles. The monoisotopic (exact) mass is 360 g/mol. The van der Waals surface area contributed by atoms with Crippen molar-refractivity contribution in [1.82, 2.24) is 9.97 Å². The molecule has 1 amide bonds. The highest BCUT2D eigenvalue weighted by Crippen LogP contribution is 2.30. The lowest BCUT2D eigenvalue weighted by molar-refractivity contribution is 0.0984. The molecule has 0 aliphatic carbocycles. The summed E-state index contributed by atoms with van der Waals surface area (Å²) in [6.07, 6.45) is 0.859. The molecule has 1 aliphatic rings. The Morgan fingerprint density at radius 1 is 1.11 bits per heavy atom. The van der Waals surface area contributed by atoms with Crippen molar-refractivity contribution in [3.63, 3.8) is 0 Å². The van der Waals surface area contributed by atoms with Gasteiger partial charge >= 0.3 is 0 Å². The third kappa shape index (κ3) is 3.33. The zero-order chi connectivity index (χ0) is 18.8. The smallest absolute Gasteiger partial charge is 0.277 e. The van der Waals surface area contributed by atoms with Crippen molar-refractivity contribution in [2.75, 3.05) is 23.9 Å². The van der Waals surface area contributed by atoms with Crippen LogP contribution in [0.2, 0.25) is 0 Å². The SMILES string of the molecule is COc1ccccc1Nc1cc(C(=O)N2CCc3ccccc32)nc(C)n1. The van der Waals surface area contributed by atoms with Gasteiger partial charge in [0.25, 0.3) is 5.91 Å². The van der Waals surface area contributed by atoms with E-state index in [1.54, 1.807) is 25.0 Å². The summed E-state index contributed by atoms with van der Waals surface area (Å²) >= 11 is 0. The fraction of sp³-hybridized carbons (Fsp3) is 0.190. The molecule has 27 heavy (non-hydrogen) atoms. The molecule has 0 spiro atoms. The van der Waals surface area contributed by atoms with Crippen molar-refractivity contribution in [3.8, 4) is 5.75 Å². The van der Waals surface area contributed by atoms with Crippen LogP contribution in [0.15, 0.2) is 54.6 Å². The Labute approximate surface area is 157 Å². The van der Waals surface area contributed by atoms with Crippen LogP contribution in [0.4, 0.5) is 17.2 Å². The van der Waals surface area contributed by atoms with Crippen LogP contribution in [-0.2, 0) is 6.42 Å². The molecule has 1 aliphatic heterocycles. The van der Waals surface area contributed by atoms with Gasteiger partial charge in [-0.05, 0) is 37.1 Å². The van der Waals surface area contributed by atoms with E-state index in [2.05, 4.69) is 21.4 Å². The Bertz CT molecular complexity index is 1000. The third-order valence-electron chi connectivity index (χ3n) is 4.56. The third-order valence-corrected chi connectivity index (χ3v) is 4.56. The van der Waals surface area contributed by atoms with Gasteiger partial charge in [-0.25, -0.2) is 9.97 Å². The van der Waals surface area contributed by atoms with Gasteiger partial charge in [0, 0.05) is 18.3 Å². The lowest BCUT2D eigenvalue weighted by Gasteiger charge is -2.17. The molecule has 6 nitrogen and oxygen atoms in total. The zero-order valence-corrected chi connectivity index (χ0v) is 15.3. The van der Waals surface area contributed by atoms with E-state index < -0.39 is 0 Å². The van der Waals surface area contributed by atoms with Crippen molar-refractivity contribution in [3.05, 3.63) is 71.7 Å². The zero-order valence-electron chi connectivity index (χ0n) is 15.3. The quantitative estimate of drug-likeness (QED) is 0.768. The minimum atomic E-state index is -0.117. The van der Waals surface area contributed by atoms with E-state index in [1.807, 2.05) is 42.5 Å². The van der Waals surface area contributed by atoms with Crippen LogP contribution in [-0.4, -0.2) is 29.5 Å². The molecule has 4 rings (SSSR count). The number of benzene rings is 2. The van der Waals surface area contributed by atoms with E-state index in [9.17, 15) is 4.79 Å². The number of amides is 1. The van der Waals surface area contributed by atoms with Crippen molar-refractivity contribution in [1.29, 1.82) is 0 Å². The van der Waals surface area contributed by atoms with Crippen LogP contribution in [0.5, 0.6) is 5.75 Å². The number of methoxy groups -OCH3 is 1. The van der Waals surface area contributed by atoms with Crippen LogP contribution in [0.1, 0.15) is 21.9 Å². The molecule has 3 aromatic rings. The summed E-state index contributed by atoms with van der Waals surface area (Å²) in [5.41, 5.74) is 3.29. The molecule has 0 saturated carbocycles. The van der Waals surface area contributed by atoms with Gasteiger partial charge in [0.05, 0.1) is 12.8 Å². The summed E-state index contributed by atoms with van der Waals surface area (Å²) in [4.78, 5) is 23.6. The molecule has 0 bridgehead atoms. The Hall–Kier alpha value is -3.41. The van der Waals surface area contributed by atoms with Gasteiger partial charge in [-0.2, -0.15) is 0 Å². The largest absolute Gasteiger partial charge is 0.495 e. The molecule has 2 heterocycles. The summed E-state index contributed by atoms with van der Waals surface area (Å²) in [5, 5.41) is 3.22. The second-order valence-corrected chi connectivity index (χ2v) is 6.35. The maximum absolute atomic E-state index is 13.1. The maximum atomic E-state index is 13.1. The number of para-hydroxylation sites is 3. The topological polar surface area (TPSA) is 67.3 Å². The van der Waals surface area contributed by atoms with Gasteiger partial charge in [-0.1, -0.05) is 30.3 Å². The number of hydrogen-bond acceptors (Lipinski definition) is 5. The van der Waals surface area contributed by atoms with Gasteiger partial charge in [0.2, 0.25) is 0 Å². The average molecular weight is 360 g/mol. The van der Waals surface area contributed by atoms with Crippen LogP contribution < -0.4 is 15.0 Å². The average Bonchev–Trinajstić information content (AvgIpc) is 3.11. The van der Waals surface area contributed by atoms with Crippen LogP contribution in [0.3, 0.4) is 0 Å². The molecule has 0 atom stereocenters. The molecule has 136 valence electrons. The summed E-state index contributed by atoms with van der Waals surface area (Å²) in [5.74, 6) is 1.68. The predicted octanol–water partition coefficient (Wildman–Crippen LogP) is 3.74. The van der Waals surface area contributed by atoms with E-state index in [0.717, 1.165) is 17.8 Å². The fourth-order valence-corrected chi connectivity index (χ4v) is 3.31. The number of anilines is 3. The summed E-state index contributed by atoms with van der Waals surface area (Å²) in [7, 11) is 1.62. The number of nitrogens with zero attached hydrogens (tertiary/aromatic N) is 3. The number of aromatic nitrogens is 2. The molecular weight excluding hydrogens is 340 g/mol. The Kier molecular flexibility index (Phi) is 4.46. The number of ether oxygens (including phenoxy) is 1. The van der Waals surface area contributed by atoms with Gasteiger partial charge in [0.1, 0.15) is 23.1 Å². The van der Waals surface area contributed by atoms with Gasteiger partial charge in [0.15, 0.2) is 0 Å². The number of carbonyl (C=O) groups excluding carboxylic acids is 1. The predicted molar refractivity (Wildman–Crippen MR) is 105 cm³/mol. The van der Waals surface area contributed by atoms with E-state index >= 15 is 0 Å². The second kappa shape index (κ2) is 7.07. The number of rotatable bonds is 4. The highest BCUT2D eigenvalue weighted by molar-refractivity contribution is 6.06. The van der Waals surface area contributed by atoms with Crippen molar-refractivity contribution < 1.29 is 9.53 Å². The summed E-state index contributed by atoms with van der Waals surface area (Å²) in [6.45, 7) is 2.44. The van der Waals surface area contributed by atoms with Crippen LogP contribution in [0.25, 0.3) is 0 Å².